The van der Waals surface area contributed by atoms with Crippen molar-refractivity contribution in [3.63, 3.8) is 0 Å². The molecule has 0 spiro atoms. The predicted octanol–water partition coefficient (Wildman–Crippen LogP) is 5.90. The average Bonchev–Trinajstić information content (AvgIpc) is 2.47. The molecule has 2 fully saturated rings. The van der Waals surface area contributed by atoms with E-state index in [-0.39, 0.29) is 23.0 Å². The highest BCUT2D eigenvalue weighted by Crippen LogP contribution is 2.51. The van der Waals surface area contributed by atoms with E-state index in [0.29, 0.717) is 0 Å². The zero-order chi connectivity index (χ0) is 20.4. The Morgan fingerprint density at radius 2 is 1.19 bits per heavy atom. The van der Waals surface area contributed by atoms with Crippen molar-refractivity contribution in [3.8, 4) is 0 Å². The number of hydrogen-bond acceptors (Lipinski definition) is 4. The summed E-state index contributed by atoms with van der Waals surface area (Å²) in [5.41, 5.74) is 3.12. The second kappa shape index (κ2) is 6.15. The zero-order valence-electron chi connectivity index (χ0n) is 18.2. The summed E-state index contributed by atoms with van der Waals surface area (Å²) in [7, 11) is 0. The molecule has 4 heteroatoms. The maximum absolute atomic E-state index is 5.69. The topological polar surface area (TPSA) is 36.9 Å². The molecule has 0 aromatic heterocycles. The second-order valence-electron chi connectivity index (χ2n) is 10.6. The van der Waals surface area contributed by atoms with E-state index in [9.17, 15) is 0 Å². The predicted molar refractivity (Wildman–Crippen MR) is 107 cm³/mol. The quantitative estimate of drug-likeness (QED) is 0.617. The first-order chi connectivity index (χ1) is 12.2. The van der Waals surface area contributed by atoms with Gasteiger partial charge in [0.1, 0.15) is 12.2 Å². The van der Waals surface area contributed by atoms with Crippen molar-refractivity contribution in [2.75, 3.05) is 0 Å². The monoisotopic (exact) mass is 374 g/mol. The van der Waals surface area contributed by atoms with Gasteiger partial charge in [-0.05, 0) is 66.5 Å². The van der Waals surface area contributed by atoms with Gasteiger partial charge in [0.15, 0.2) is 11.2 Å². The Morgan fingerprint density at radius 3 is 1.41 bits per heavy atom. The third-order valence-electron chi connectivity index (χ3n) is 5.78. The molecule has 2 heterocycles. The Hall–Kier alpha value is -1.20. The molecule has 3 rings (SSSR count). The minimum absolute atomic E-state index is 0.0389. The fraction of sp³-hybridized carbons (Fsp3) is 0.652. The molecule has 0 aliphatic carbocycles. The summed E-state index contributed by atoms with van der Waals surface area (Å²) in [6.07, 6.45) is -0.0778. The van der Waals surface area contributed by atoms with Crippen LogP contribution in [0.2, 0.25) is 0 Å². The van der Waals surface area contributed by atoms with Crippen molar-refractivity contribution in [1.29, 1.82) is 0 Å². The summed E-state index contributed by atoms with van der Waals surface area (Å²) >= 11 is 0. The van der Waals surface area contributed by atoms with Gasteiger partial charge in [0.25, 0.3) is 0 Å². The fourth-order valence-electron chi connectivity index (χ4n) is 4.27. The van der Waals surface area contributed by atoms with E-state index in [1.165, 1.54) is 0 Å². The van der Waals surface area contributed by atoms with Gasteiger partial charge < -0.3 is 0 Å². The lowest BCUT2D eigenvalue weighted by Crippen LogP contribution is -2.59. The summed E-state index contributed by atoms with van der Waals surface area (Å²) < 4.78 is 0. The summed E-state index contributed by atoms with van der Waals surface area (Å²) in [6, 6.07) is 6.49. The Balaban J connectivity index is 2.09. The van der Waals surface area contributed by atoms with E-state index in [4.69, 9.17) is 19.6 Å². The molecule has 2 aliphatic rings. The molecule has 4 unspecified atom stereocenters. The van der Waals surface area contributed by atoms with Crippen LogP contribution in [0.5, 0.6) is 0 Å². The molecule has 1 aromatic rings. The van der Waals surface area contributed by atoms with Crippen LogP contribution in [0.25, 0.3) is 5.57 Å². The van der Waals surface area contributed by atoms with Gasteiger partial charge in [-0.15, -0.1) is 0 Å². The molecular weight excluding hydrogens is 340 g/mol. The van der Waals surface area contributed by atoms with Crippen LogP contribution in [-0.4, -0.2) is 12.2 Å². The van der Waals surface area contributed by atoms with Crippen LogP contribution in [0.4, 0.5) is 0 Å². The molecule has 0 bridgehead atoms. The number of rotatable bonds is 3. The van der Waals surface area contributed by atoms with Crippen molar-refractivity contribution >= 4 is 5.57 Å². The Bertz CT molecular complexity index is 700. The lowest BCUT2D eigenvalue weighted by Gasteiger charge is -2.52. The molecule has 4 nitrogen and oxygen atoms in total. The van der Waals surface area contributed by atoms with Gasteiger partial charge in [-0.25, -0.2) is 19.6 Å². The molecule has 0 radical (unpaired) electrons. The molecule has 0 amide bonds. The van der Waals surface area contributed by atoms with Crippen LogP contribution in [0.15, 0.2) is 24.8 Å². The third kappa shape index (κ3) is 3.27. The molecule has 27 heavy (non-hydrogen) atoms. The lowest BCUT2D eigenvalue weighted by atomic mass is 9.71. The standard InChI is InChI=1S/C23H34O4/c1-14(2)15-11-16(22(9)18(24-26-22)20(3,4)5)13-17(12-15)23(10)19(25-27-23)21(6,7)8/h11-13,18-19H,1H2,2-10H3. The number of allylic oxidation sites excluding steroid dienone is 1. The van der Waals surface area contributed by atoms with Crippen molar-refractivity contribution < 1.29 is 19.6 Å². The van der Waals surface area contributed by atoms with E-state index in [0.717, 1.165) is 22.3 Å². The fourth-order valence-corrected chi connectivity index (χ4v) is 4.27. The van der Waals surface area contributed by atoms with Crippen molar-refractivity contribution in [3.05, 3.63) is 41.5 Å². The van der Waals surface area contributed by atoms with E-state index in [1.54, 1.807) is 0 Å². The minimum Gasteiger partial charge on any atom is -0.228 e. The normalized spacial score (nSPS) is 34.0. The van der Waals surface area contributed by atoms with E-state index >= 15 is 0 Å². The van der Waals surface area contributed by atoms with E-state index in [1.807, 2.05) is 6.92 Å². The molecule has 0 N–H and O–H groups in total. The average molecular weight is 375 g/mol. The molecule has 150 valence electrons. The Morgan fingerprint density at radius 1 is 0.815 bits per heavy atom. The third-order valence-corrected chi connectivity index (χ3v) is 5.78. The maximum Gasteiger partial charge on any atom is 0.155 e. The second-order valence-corrected chi connectivity index (χ2v) is 10.6. The Kier molecular flexibility index (Phi) is 4.68. The lowest BCUT2D eigenvalue weighted by molar-refractivity contribution is -0.531. The Labute approximate surface area is 163 Å². The van der Waals surface area contributed by atoms with Gasteiger partial charge >= 0.3 is 0 Å². The number of benzene rings is 1. The number of hydrogen-bond donors (Lipinski definition) is 0. The van der Waals surface area contributed by atoms with Crippen LogP contribution in [-0.2, 0) is 30.8 Å². The molecule has 2 saturated heterocycles. The molecule has 2 aliphatic heterocycles. The SMILES string of the molecule is C=C(C)c1cc(C2(C)OOC2C(C)(C)C)cc(C2(C)OOC2C(C)(C)C)c1. The summed E-state index contributed by atoms with van der Waals surface area (Å²) in [5.74, 6) is 0. The largest absolute Gasteiger partial charge is 0.228 e. The summed E-state index contributed by atoms with van der Waals surface area (Å²) in [4.78, 5) is 22.4. The van der Waals surface area contributed by atoms with E-state index < -0.39 is 11.2 Å². The molecule has 0 saturated carbocycles. The van der Waals surface area contributed by atoms with Gasteiger partial charge in [0, 0.05) is 0 Å². The maximum atomic E-state index is 5.69. The molecule has 1 aromatic carbocycles. The van der Waals surface area contributed by atoms with Crippen LogP contribution in [0.3, 0.4) is 0 Å². The van der Waals surface area contributed by atoms with Gasteiger partial charge in [0.05, 0.1) is 0 Å². The van der Waals surface area contributed by atoms with Crippen LogP contribution in [0.1, 0.15) is 79.0 Å². The van der Waals surface area contributed by atoms with E-state index in [2.05, 4.69) is 80.2 Å². The van der Waals surface area contributed by atoms with Crippen molar-refractivity contribution in [2.24, 2.45) is 10.8 Å². The smallest absolute Gasteiger partial charge is 0.155 e. The first-order valence-electron chi connectivity index (χ1n) is 9.70. The first-order valence-corrected chi connectivity index (χ1v) is 9.70. The van der Waals surface area contributed by atoms with Gasteiger partial charge in [-0.1, -0.05) is 53.7 Å². The first kappa shape index (κ1) is 20.5. The van der Waals surface area contributed by atoms with Gasteiger partial charge in [-0.3, -0.25) is 0 Å². The molecular formula is C23H34O4. The van der Waals surface area contributed by atoms with Crippen LogP contribution >= 0.6 is 0 Å². The summed E-state index contributed by atoms with van der Waals surface area (Å²) in [5, 5.41) is 0. The molecule has 4 atom stereocenters. The van der Waals surface area contributed by atoms with Gasteiger partial charge in [0.2, 0.25) is 0 Å². The summed E-state index contributed by atoms with van der Waals surface area (Å²) in [6.45, 7) is 23.4. The highest BCUT2D eigenvalue weighted by molar-refractivity contribution is 5.64. The van der Waals surface area contributed by atoms with Crippen molar-refractivity contribution in [2.45, 2.75) is 85.7 Å². The van der Waals surface area contributed by atoms with Crippen molar-refractivity contribution in [1.82, 2.24) is 0 Å². The zero-order valence-corrected chi connectivity index (χ0v) is 18.2. The highest BCUT2D eigenvalue weighted by atomic mass is 17.3. The van der Waals surface area contributed by atoms with Gasteiger partial charge in [-0.2, -0.15) is 0 Å². The van der Waals surface area contributed by atoms with Crippen LogP contribution < -0.4 is 0 Å². The van der Waals surface area contributed by atoms with Crippen LogP contribution in [0, 0.1) is 10.8 Å². The highest BCUT2D eigenvalue weighted by Gasteiger charge is 2.57. The minimum atomic E-state index is -0.517.